The quantitative estimate of drug-likeness (QED) is 0.617. The molecule has 14 heavy (non-hydrogen) atoms. The maximum absolute atomic E-state index is 5.66. The molecule has 0 aliphatic rings. The fourth-order valence-corrected chi connectivity index (χ4v) is 1.03. The number of hydrogen-bond donors (Lipinski definition) is 1. The van der Waals surface area contributed by atoms with Crippen LogP contribution >= 0.6 is 23.8 Å². The lowest BCUT2D eigenvalue weighted by atomic mass is 10.3. The van der Waals surface area contributed by atoms with Gasteiger partial charge >= 0.3 is 0 Å². The maximum Gasteiger partial charge on any atom is 0.168 e. The summed E-state index contributed by atoms with van der Waals surface area (Å²) in [5.41, 5.74) is 1.05. The van der Waals surface area contributed by atoms with E-state index in [2.05, 4.69) is 10.3 Å². The summed E-state index contributed by atoms with van der Waals surface area (Å²) in [5.74, 6) is 0. The predicted molar refractivity (Wildman–Crippen MR) is 62.4 cm³/mol. The van der Waals surface area contributed by atoms with Crippen LogP contribution in [0, 0.1) is 0 Å². The highest BCUT2D eigenvalue weighted by atomic mass is 35.5. The molecule has 0 radical (unpaired) electrons. The summed E-state index contributed by atoms with van der Waals surface area (Å²) < 4.78 is 0. The van der Waals surface area contributed by atoms with Gasteiger partial charge in [-0.2, -0.15) is 0 Å². The van der Waals surface area contributed by atoms with E-state index in [9.17, 15) is 0 Å². The van der Waals surface area contributed by atoms with Gasteiger partial charge in [-0.05, 0) is 23.8 Å². The van der Waals surface area contributed by atoms with Gasteiger partial charge in [0.2, 0.25) is 0 Å². The van der Waals surface area contributed by atoms with Gasteiger partial charge in [-0.25, -0.2) is 4.98 Å². The number of nitrogens with zero attached hydrogens (tertiary/aromatic N) is 2. The fraction of sp³-hybridized carbons (Fsp3) is 0.333. The van der Waals surface area contributed by atoms with E-state index in [0.29, 0.717) is 16.8 Å². The number of rotatable bonds is 2. The van der Waals surface area contributed by atoms with Gasteiger partial charge in [0.05, 0.1) is 0 Å². The van der Waals surface area contributed by atoms with Gasteiger partial charge < -0.3 is 10.2 Å². The van der Waals surface area contributed by atoms with Gasteiger partial charge in [-0.3, -0.25) is 0 Å². The van der Waals surface area contributed by atoms with Crippen LogP contribution in [-0.2, 0) is 6.54 Å². The van der Waals surface area contributed by atoms with Crippen LogP contribution in [0.5, 0.6) is 0 Å². The van der Waals surface area contributed by atoms with Crippen LogP contribution < -0.4 is 5.32 Å². The van der Waals surface area contributed by atoms with Crippen LogP contribution in [0.25, 0.3) is 0 Å². The lowest BCUT2D eigenvalue weighted by Crippen LogP contribution is -2.33. The minimum Gasteiger partial charge on any atom is -0.358 e. The summed E-state index contributed by atoms with van der Waals surface area (Å²) in [4.78, 5) is 5.82. The Morgan fingerprint density at radius 3 is 2.79 bits per heavy atom. The molecule has 1 aromatic rings. The number of hydrogen-bond acceptors (Lipinski definition) is 2. The molecular weight excluding hydrogens is 218 g/mol. The Morgan fingerprint density at radius 2 is 2.29 bits per heavy atom. The summed E-state index contributed by atoms with van der Waals surface area (Å²) in [7, 11) is 3.80. The summed E-state index contributed by atoms with van der Waals surface area (Å²) in [6, 6.07) is 3.68. The van der Waals surface area contributed by atoms with Crippen LogP contribution in [0.4, 0.5) is 0 Å². The molecule has 76 valence electrons. The third-order valence-corrected chi connectivity index (χ3v) is 2.37. The maximum atomic E-state index is 5.66. The minimum atomic E-state index is 0.504. The molecule has 0 amide bonds. The molecule has 0 atom stereocenters. The average Bonchev–Trinajstić information content (AvgIpc) is 2.16. The monoisotopic (exact) mass is 229 g/mol. The number of pyridine rings is 1. The van der Waals surface area contributed by atoms with Gasteiger partial charge in [0, 0.05) is 26.8 Å². The Morgan fingerprint density at radius 1 is 1.57 bits per heavy atom. The van der Waals surface area contributed by atoms with Gasteiger partial charge in [0.15, 0.2) is 5.11 Å². The Labute approximate surface area is 94.1 Å². The molecule has 1 heterocycles. The van der Waals surface area contributed by atoms with Gasteiger partial charge in [-0.15, -0.1) is 0 Å². The lowest BCUT2D eigenvalue weighted by Gasteiger charge is -2.15. The second-order valence-electron chi connectivity index (χ2n) is 3.04. The van der Waals surface area contributed by atoms with Crippen LogP contribution in [0.1, 0.15) is 5.56 Å². The number of halogens is 1. The highest BCUT2D eigenvalue weighted by Crippen LogP contribution is 2.04. The third-order valence-electron chi connectivity index (χ3n) is 1.64. The van der Waals surface area contributed by atoms with Crippen LogP contribution in [0.3, 0.4) is 0 Å². The van der Waals surface area contributed by atoms with E-state index >= 15 is 0 Å². The van der Waals surface area contributed by atoms with Gasteiger partial charge in [0.1, 0.15) is 5.15 Å². The molecule has 0 aromatic carbocycles. The normalized spacial score (nSPS) is 9.64. The SMILES string of the molecule is CN(C)C(=S)NCc1ccc(Cl)nc1. The standard InChI is InChI=1S/C9H12ClN3S/c1-13(2)9(14)12-6-7-3-4-8(10)11-5-7/h3-5H,6H2,1-2H3,(H,12,14). The van der Waals surface area contributed by atoms with Crippen molar-refractivity contribution in [1.29, 1.82) is 0 Å². The van der Waals surface area contributed by atoms with Crippen molar-refractivity contribution in [3.05, 3.63) is 29.0 Å². The predicted octanol–water partition coefficient (Wildman–Crippen LogP) is 1.67. The largest absolute Gasteiger partial charge is 0.358 e. The molecule has 0 fully saturated rings. The van der Waals surface area contributed by atoms with E-state index in [-0.39, 0.29) is 0 Å². The molecule has 5 heteroatoms. The fourth-order valence-electron chi connectivity index (χ4n) is 0.847. The summed E-state index contributed by atoms with van der Waals surface area (Å²) in [6.07, 6.45) is 1.73. The topological polar surface area (TPSA) is 28.2 Å². The van der Waals surface area contributed by atoms with E-state index < -0.39 is 0 Å². The van der Waals surface area contributed by atoms with Crippen molar-refractivity contribution >= 4 is 28.9 Å². The minimum absolute atomic E-state index is 0.504. The zero-order valence-corrected chi connectivity index (χ0v) is 9.69. The molecule has 3 nitrogen and oxygen atoms in total. The highest BCUT2D eigenvalue weighted by Gasteiger charge is 1.98. The molecule has 1 rings (SSSR count). The van der Waals surface area contributed by atoms with Crippen LogP contribution in [0.2, 0.25) is 5.15 Å². The van der Waals surface area contributed by atoms with Crippen molar-refractivity contribution in [3.8, 4) is 0 Å². The Hall–Kier alpha value is -0.870. The van der Waals surface area contributed by atoms with Gasteiger partial charge in [0.25, 0.3) is 0 Å². The van der Waals surface area contributed by atoms with Gasteiger partial charge in [-0.1, -0.05) is 17.7 Å². The summed E-state index contributed by atoms with van der Waals surface area (Å²) >= 11 is 10.7. The molecule has 1 N–H and O–H groups in total. The van der Waals surface area contributed by atoms with E-state index in [1.165, 1.54) is 0 Å². The molecule has 0 aliphatic carbocycles. The zero-order valence-electron chi connectivity index (χ0n) is 8.12. The Kier molecular flexibility index (Phi) is 4.10. The number of nitrogens with one attached hydrogen (secondary N) is 1. The molecule has 0 saturated carbocycles. The molecule has 0 bridgehead atoms. The Bertz CT molecular complexity index is 310. The first-order chi connectivity index (χ1) is 6.59. The molecule has 0 aliphatic heterocycles. The molecule has 1 aromatic heterocycles. The van der Waals surface area contributed by atoms with Crippen molar-refractivity contribution in [2.45, 2.75) is 6.54 Å². The zero-order chi connectivity index (χ0) is 10.6. The van der Waals surface area contributed by atoms with E-state index in [1.54, 1.807) is 12.3 Å². The van der Waals surface area contributed by atoms with E-state index in [1.807, 2.05) is 25.1 Å². The van der Waals surface area contributed by atoms with Crippen LogP contribution in [0.15, 0.2) is 18.3 Å². The summed E-state index contributed by atoms with van der Waals surface area (Å²) in [6.45, 7) is 0.668. The second kappa shape index (κ2) is 5.12. The number of aromatic nitrogens is 1. The van der Waals surface area contributed by atoms with Crippen molar-refractivity contribution in [2.75, 3.05) is 14.1 Å². The van der Waals surface area contributed by atoms with Crippen molar-refractivity contribution in [2.24, 2.45) is 0 Å². The van der Waals surface area contributed by atoms with Crippen LogP contribution in [-0.4, -0.2) is 29.1 Å². The molecule has 0 saturated heterocycles. The first kappa shape index (κ1) is 11.2. The second-order valence-corrected chi connectivity index (χ2v) is 3.82. The smallest absolute Gasteiger partial charge is 0.168 e. The highest BCUT2D eigenvalue weighted by molar-refractivity contribution is 7.80. The third kappa shape index (κ3) is 3.47. The molecule has 0 spiro atoms. The first-order valence-corrected chi connectivity index (χ1v) is 4.94. The van der Waals surface area contributed by atoms with E-state index in [0.717, 1.165) is 5.56 Å². The Balaban J connectivity index is 2.46. The average molecular weight is 230 g/mol. The van der Waals surface area contributed by atoms with Crippen molar-refractivity contribution in [1.82, 2.24) is 15.2 Å². The summed E-state index contributed by atoms with van der Waals surface area (Å²) in [5, 5.41) is 4.30. The van der Waals surface area contributed by atoms with E-state index in [4.69, 9.17) is 23.8 Å². The van der Waals surface area contributed by atoms with Crippen molar-refractivity contribution in [3.63, 3.8) is 0 Å². The molecular formula is C9H12ClN3S. The molecule has 0 unspecified atom stereocenters. The van der Waals surface area contributed by atoms with Crippen molar-refractivity contribution < 1.29 is 0 Å². The lowest BCUT2D eigenvalue weighted by molar-refractivity contribution is 0.600. The first-order valence-electron chi connectivity index (χ1n) is 4.15. The number of thiocarbonyl (C=S) groups is 1.